The molecule has 3 rings (SSSR count). The third-order valence-corrected chi connectivity index (χ3v) is 5.45. The number of nitrogens with one attached hydrogen (secondary N) is 2. The van der Waals surface area contributed by atoms with E-state index in [0.29, 0.717) is 12.1 Å². The number of benzene rings is 1. The molecule has 2 aliphatic rings. The van der Waals surface area contributed by atoms with Crippen LogP contribution >= 0.6 is 15.9 Å². The molecule has 0 atom stereocenters. The van der Waals surface area contributed by atoms with Crippen molar-refractivity contribution in [2.75, 3.05) is 20.1 Å². The summed E-state index contributed by atoms with van der Waals surface area (Å²) in [5.74, 6) is 0.987. The summed E-state index contributed by atoms with van der Waals surface area (Å²) in [7, 11) is 1.87. The maximum atomic E-state index is 4.38. The molecule has 0 radical (unpaired) electrons. The van der Waals surface area contributed by atoms with Crippen LogP contribution in [0.3, 0.4) is 0 Å². The Morgan fingerprint density at radius 3 is 2.22 bits per heavy atom. The monoisotopic (exact) mass is 378 g/mol. The molecule has 5 heteroatoms. The van der Waals surface area contributed by atoms with Gasteiger partial charge >= 0.3 is 0 Å². The van der Waals surface area contributed by atoms with Crippen LogP contribution < -0.4 is 10.6 Å². The van der Waals surface area contributed by atoms with Crippen molar-refractivity contribution in [3.63, 3.8) is 0 Å². The number of nitrogens with zero attached hydrogens (tertiary/aromatic N) is 2. The predicted octanol–water partition coefficient (Wildman–Crippen LogP) is 3.13. The average Bonchev–Trinajstić information content (AvgIpc) is 2.53. The minimum atomic E-state index is 0.544. The van der Waals surface area contributed by atoms with Gasteiger partial charge in [0, 0.05) is 43.2 Å². The topological polar surface area (TPSA) is 39.7 Å². The Labute approximate surface area is 147 Å². The SMILES string of the molecule is CN=C(NC1CCC1)NC1CCN(Cc2ccc(Br)cc2)CC1. The fraction of sp³-hybridized carbons (Fsp3) is 0.611. The molecule has 1 heterocycles. The third-order valence-electron chi connectivity index (χ3n) is 4.92. The number of hydrogen-bond donors (Lipinski definition) is 2. The zero-order valence-corrected chi connectivity index (χ0v) is 15.5. The highest BCUT2D eigenvalue weighted by atomic mass is 79.9. The van der Waals surface area contributed by atoms with Gasteiger partial charge in [0.1, 0.15) is 0 Å². The van der Waals surface area contributed by atoms with Crippen LogP contribution in [-0.2, 0) is 6.54 Å². The second-order valence-corrected chi connectivity index (χ2v) is 7.58. The maximum Gasteiger partial charge on any atom is 0.191 e. The zero-order valence-electron chi connectivity index (χ0n) is 13.9. The largest absolute Gasteiger partial charge is 0.354 e. The molecule has 1 saturated heterocycles. The van der Waals surface area contributed by atoms with Gasteiger partial charge in [-0.05, 0) is 49.8 Å². The molecule has 0 aromatic heterocycles. The minimum Gasteiger partial charge on any atom is -0.354 e. The summed E-state index contributed by atoms with van der Waals surface area (Å²) in [4.78, 5) is 6.92. The highest BCUT2D eigenvalue weighted by Gasteiger charge is 2.22. The summed E-state index contributed by atoms with van der Waals surface area (Å²) in [6.45, 7) is 3.34. The molecular weight excluding hydrogens is 352 g/mol. The standard InChI is InChI=1S/C18H27BrN4/c1-20-18(21-16-3-2-4-16)22-17-9-11-23(12-10-17)13-14-5-7-15(19)8-6-14/h5-8,16-17H,2-4,9-13H2,1H3,(H2,20,21,22). The van der Waals surface area contributed by atoms with Gasteiger partial charge in [-0.2, -0.15) is 0 Å². The molecule has 0 amide bonds. The van der Waals surface area contributed by atoms with Gasteiger partial charge < -0.3 is 10.6 Å². The molecular formula is C18H27BrN4. The van der Waals surface area contributed by atoms with Crippen molar-refractivity contribution in [3.05, 3.63) is 34.3 Å². The van der Waals surface area contributed by atoms with Gasteiger partial charge in [-0.15, -0.1) is 0 Å². The highest BCUT2D eigenvalue weighted by Crippen LogP contribution is 2.18. The normalized spacial score (nSPS) is 21.0. The number of halogens is 1. The fourth-order valence-electron chi connectivity index (χ4n) is 3.19. The Morgan fingerprint density at radius 2 is 1.70 bits per heavy atom. The Bertz CT molecular complexity index is 516. The van der Waals surface area contributed by atoms with Gasteiger partial charge in [0.05, 0.1) is 0 Å². The van der Waals surface area contributed by atoms with Gasteiger partial charge in [-0.1, -0.05) is 28.1 Å². The molecule has 0 bridgehead atoms. The van der Waals surface area contributed by atoms with E-state index < -0.39 is 0 Å². The second kappa shape index (κ2) is 8.15. The van der Waals surface area contributed by atoms with Crippen molar-refractivity contribution < 1.29 is 0 Å². The minimum absolute atomic E-state index is 0.544. The number of piperidine rings is 1. The fourth-order valence-corrected chi connectivity index (χ4v) is 3.46. The number of likely N-dealkylation sites (tertiary alicyclic amines) is 1. The molecule has 0 spiro atoms. The first kappa shape index (κ1) is 16.8. The Balaban J connectivity index is 1.41. The van der Waals surface area contributed by atoms with Gasteiger partial charge in [-0.3, -0.25) is 9.89 Å². The summed E-state index contributed by atoms with van der Waals surface area (Å²) in [5.41, 5.74) is 1.39. The van der Waals surface area contributed by atoms with E-state index in [0.717, 1.165) is 30.1 Å². The second-order valence-electron chi connectivity index (χ2n) is 6.67. The first-order chi connectivity index (χ1) is 11.2. The lowest BCUT2D eigenvalue weighted by molar-refractivity contribution is 0.198. The molecule has 0 unspecified atom stereocenters. The highest BCUT2D eigenvalue weighted by molar-refractivity contribution is 9.10. The van der Waals surface area contributed by atoms with Crippen molar-refractivity contribution in [2.24, 2.45) is 4.99 Å². The lowest BCUT2D eigenvalue weighted by atomic mass is 9.93. The molecule has 4 nitrogen and oxygen atoms in total. The molecule has 1 aromatic carbocycles. The van der Waals surface area contributed by atoms with Crippen molar-refractivity contribution in [3.8, 4) is 0 Å². The lowest BCUT2D eigenvalue weighted by Gasteiger charge is -2.34. The molecule has 2 N–H and O–H groups in total. The smallest absolute Gasteiger partial charge is 0.191 e. The Morgan fingerprint density at radius 1 is 1.09 bits per heavy atom. The van der Waals surface area contributed by atoms with Crippen molar-refractivity contribution >= 4 is 21.9 Å². The number of aliphatic imine (C=N–C) groups is 1. The van der Waals surface area contributed by atoms with E-state index in [2.05, 4.69) is 60.7 Å². The summed E-state index contributed by atoms with van der Waals surface area (Å²) in [5, 5.41) is 7.13. The zero-order chi connectivity index (χ0) is 16.1. The molecule has 1 aliphatic heterocycles. The van der Waals surface area contributed by atoms with Crippen LogP contribution in [-0.4, -0.2) is 43.1 Å². The summed E-state index contributed by atoms with van der Waals surface area (Å²) < 4.78 is 1.15. The first-order valence-electron chi connectivity index (χ1n) is 8.69. The third kappa shape index (κ3) is 4.95. The van der Waals surface area contributed by atoms with E-state index in [9.17, 15) is 0 Å². The summed E-state index contributed by atoms with van der Waals surface area (Å²) >= 11 is 3.50. The molecule has 2 fully saturated rings. The molecule has 1 saturated carbocycles. The van der Waals surface area contributed by atoms with E-state index >= 15 is 0 Å². The Hall–Kier alpha value is -1.07. The van der Waals surface area contributed by atoms with Crippen LogP contribution in [0.1, 0.15) is 37.7 Å². The van der Waals surface area contributed by atoms with Crippen molar-refractivity contribution in [1.82, 2.24) is 15.5 Å². The van der Waals surface area contributed by atoms with E-state index in [1.165, 1.54) is 37.7 Å². The number of guanidine groups is 1. The van der Waals surface area contributed by atoms with E-state index in [4.69, 9.17) is 0 Å². The van der Waals surface area contributed by atoms with Crippen LogP contribution in [0.5, 0.6) is 0 Å². The molecule has 23 heavy (non-hydrogen) atoms. The van der Waals surface area contributed by atoms with Crippen molar-refractivity contribution in [2.45, 2.75) is 50.7 Å². The molecule has 1 aliphatic carbocycles. The van der Waals surface area contributed by atoms with E-state index in [1.807, 2.05) is 7.05 Å². The van der Waals surface area contributed by atoms with Crippen molar-refractivity contribution in [1.29, 1.82) is 0 Å². The Kier molecular flexibility index (Phi) is 5.95. The molecule has 1 aromatic rings. The van der Waals surface area contributed by atoms with Crippen LogP contribution in [0.15, 0.2) is 33.7 Å². The lowest BCUT2D eigenvalue weighted by Crippen LogP contribution is -2.52. The van der Waals surface area contributed by atoms with E-state index in [1.54, 1.807) is 0 Å². The quantitative estimate of drug-likeness (QED) is 0.624. The van der Waals surface area contributed by atoms with Gasteiger partial charge in [0.15, 0.2) is 5.96 Å². The first-order valence-corrected chi connectivity index (χ1v) is 9.49. The van der Waals surface area contributed by atoms with E-state index in [-0.39, 0.29) is 0 Å². The van der Waals surface area contributed by atoms with Gasteiger partial charge in [0.2, 0.25) is 0 Å². The summed E-state index contributed by atoms with van der Waals surface area (Å²) in [6.07, 6.45) is 6.28. The molecule has 126 valence electrons. The van der Waals surface area contributed by atoms with Crippen LogP contribution in [0.2, 0.25) is 0 Å². The van der Waals surface area contributed by atoms with Gasteiger partial charge in [-0.25, -0.2) is 0 Å². The maximum absolute atomic E-state index is 4.38. The van der Waals surface area contributed by atoms with Crippen LogP contribution in [0, 0.1) is 0 Å². The van der Waals surface area contributed by atoms with Crippen LogP contribution in [0.4, 0.5) is 0 Å². The number of hydrogen-bond acceptors (Lipinski definition) is 2. The average molecular weight is 379 g/mol. The van der Waals surface area contributed by atoms with Gasteiger partial charge in [0.25, 0.3) is 0 Å². The van der Waals surface area contributed by atoms with Crippen LogP contribution in [0.25, 0.3) is 0 Å². The number of rotatable bonds is 4. The summed E-state index contributed by atoms with van der Waals surface area (Å²) in [6, 6.07) is 9.85. The predicted molar refractivity (Wildman–Crippen MR) is 99.7 cm³/mol.